The van der Waals surface area contributed by atoms with Gasteiger partial charge in [-0.3, -0.25) is 9.36 Å². The van der Waals surface area contributed by atoms with Gasteiger partial charge in [0.1, 0.15) is 5.75 Å². The molecule has 1 amide bonds. The maximum absolute atomic E-state index is 12.6. The number of hydrogen-bond acceptors (Lipinski definition) is 7. The zero-order valence-electron chi connectivity index (χ0n) is 19.5. The van der Waals surface area contributed by atoms with Gasteiger partial charge in [0.2, 0.25) is 5.91 Å². The molecule has 9 heteroatoms. The number of ether oxygens (including phenoxy) is 2. The molecule has 1 heterocycles. The summed E-state index contributed by atoms with van der Waals surface area (Å²) in [6.07, 6.45) is 0. The summed E-state index contributed by atoms with van der Waals surface area (Å²) in [5.74, 6) is 0.920. The van der Waals surface area contributed by atoms with Gasteiger partial charge in [0, 0.05) is 11.3 Å². The molecule has 0 unspecified atom stereocenters. The fourth-order valence-electron chi connectivity index (χ4n) is 3.46. The van der Waals surface area contributed by atoms with E-state index in [-0.39, 0.29) is 11.7 Å². The molecular formula is C26H24N4O4S. The summed E-state index contributed by atoms with van der Waals surface area (Å²) in [6, 6.07) is 22.1. The molecule has 0 aliphatic rings. The standard InChI is InChI=1S/C26H24N4O4S/c1-17-6-4-5-7-22(17)30-24(18-10-14-21(33-2)15-11-18)28-29-26(30)35-16-23(31)27-20-12-8-19(9-13-20)25(32)34-3/h4-15H,16H2,1-3H3,(H,27,31). The van der Waals surface area contributed by atoms with E-state index in [1.54, 1.807) is 31.4 Å². The average molecular weight is 489 g/mol. The van der Waals surface area contributed by atoms with Gasteiger partial charge in [-0.15, -0.1) is 10.2 Å². The molecule has 0 bridgehead atoms. The van der Waals surface area contributed by atoms with Gasteiger partial charge in [-0.25, -0.2) is 4.79 Å². The van der Waals surface area contributed by atoms with Gasteiger partial charge in [0.15, 0.2) is 11.0 Å². The van der Waals surface area contributed by atoms with E-state index >= 15 is 0 Å². The van der Waals surface area contributed by atoms with E-state index in [0.29, 0.717) is 22.2 Å². The first-order chi connectivity index (χ1) is 17.0. The van der Waals surface area contributed by atoms with Crippen LogP contribution < -0.4 is 10.1 Å². The number of para-hydroxylation sites is 1. The van der Waals surface area contributed by atoms with Crippen LogP contribution in [0.4, 0.5) is 5.69 Å². The van der Waals surface area contributed by atoms with Crippen LogP contribution >= 0.6 is 11.8 Å². The zero-order valence-corrected chi connectivity index (χ0v) is 20.3. The number of benzene rings is 3. The van der Waals surface area contributed by atoms with Crippen molar-refractivity contribution < 1.29 is 19.1 Å². The Morgan fingerprint density at radius 2 is 1.66 bits per heavy atom. The Morgan fingerprint density at radius 3 is 2.31 bits per heavy atom. The Bertz CT molecular complexity index is 1330. The summed E-state index contributed by atoms with van der Waals surface area (Å²) in [6.45, 7) is 2.02. The number of amides is 1. The summed E-state index contributed by atoms with van der Waals surface area (Å²) in [5, 5.41) is 12.3. The number of thioether (sulfide) groups is 1. The van der Waals surface area contributed by atoms with Gasteiger partial charge in [-0.05, 0) is 67.1 Å². The molecule has 0 saturated carbocycles. The summed E-state index contributed by atoms with van der Waals surface area (Å²) in [5.41, 5.74) is 3.87. The van der Waals surface area contributed by atoms with Crippen LogP contribution in [0.3, 0.4) is 0 Å². The summed E-state index contributed by atoms with van der Waals surface area (Å²) in [7, 11) is 2.95. The number of anilines is 1. The van der Waals surface area contributed by atoms with Gasteiger partial charge in [0.05, 0.1) is 31.2 Å². The molecule has 178 valence electrons. The third-order valence-corrected chi connectivity index (χ3v) is 6.19. The quantitative estimate of drug-likeness (QED) is 0.282. The summed E-state index contributed by atoms with van der Waals surface area (Å²) >= 11 is 1.29. The molecule has 1 aromatic heterocycles. The van der Waals surface area contributed by atoms with Crippen molar-refractivity contribution in [1.29, 1.82) is 0 Å². The predicted octanol–water partition coefficient (Wildman–Crippen LogP) is 4.77. The van der Waals surface area contributed by atoms with Crippen LogP contribution in [0.5, 0.6) is 5.75 Å². The molecule has 8 nitrogen and oxygen atoms in total. The SMILES string of the molecule is COC(=O)c1ccc(NC(=O)CSc2nnc(-c3ccc(OC)cc3)n2-c2ccccc2C)cc1. The highest BCUT2D eigenvalue weighted by atomic mass is 32.2. The van der Waals surface area contributed by atoms with Crippen molar-refractivity contribution in [3.63, 3.8) is 0 Å². The Labute approximate surface area is 207 Å². The van der Waals surface area contributed by atoms with E-state index in [9.17, 15) is 9.59 Å². The van der Waals surface area contributed by atoms with Crippen LogP contribution in [-0.2, 0) is 9.53 Å². The van der Waals surface area contributed by atoms with Crippen LogP contribution in [0.1, 0.15) is 15.9 Å². The first kappa shape index (κ1) is 24.0. The minimum atomic E-state index is -0.429. The third kappa shape index (κ3) is 5.52. The fourth-order valence-corrected chi connectivity index (χ4v) is 4.20. The maximum Gasteiger partial charge on any atom is 0.337 e. The summed E-state index contributed by atoms with van der Waals surface area (Å²) < 4.78 is 11.9. The number of aryl methyl sites for hydroxylation is 1. The molecule has 35 heavy (non-hydrogen) atoms. The number of carbonyl (C=O) groups excluding carboxylic acids is 2. The molecular weight excluding hydrogens is 464 g/mol. The second-order valence-electron chi connectivity index (χ2n) is 7.56. The van der Waals surface area contributed by atoms with Crippen molar-refractivity contribution in [3.05, 3.63) is 83.9 Å². The Hall–Kier alpha value is -4.11. The smallest absolute Gasteiger partial charge is 0.337 e. The lowest BCUT2D eigenvalue weighted by atomic mass is 10.1. The second kappa shape index (κ2) is 10.9. The fraction of sp³-hybridized carbons (Fsp3) is 0.154. The number of hydrogen-bond donors (Lipinski definition) is 1. The Balaban J connectivity index is 1.55. The molecule has 4 aromatic rings. The minimum Gasteiger partial charge on any atom is -0.497 e. The topological polar surface area (TPSA) is 95.3 Å². The van der Waals surface area contributed by atoms with E-state index in [2.05, 4.69) is 15.5 Å². The lowest BCUT2D eigenvalue weighted by Crippen LogP contribution is -2.15. The summed E-state index contributed by atoms with van der Waals surface area (Å²) in [4.78, 5) is 24.2. The van der Waals surface area contributed by atoms with Gasteiger partial charge in [-0.2, -0.15) is 0 Å². The van der Waals surface area contributed by atoms with Crippen LogP contribution in [0, 0.1) is 6.92 Å². The average Bonchev–Trinajstić information content (AvgIpc) is 3.31. The van der Waals surface area contributed by atoms with Crippen molar-refractivity contribution in [2.45, 2.75) is 12.1 Å². The van der Waals surface area contributed by atoms with Gasteiger partial charge >= 0.3 is 5.97 Å². The van der Waals surface area contributed by atoms with Crippen molar-refractivity contribution in [2.75, 3.05) is 25.3 Å². The predicted molar refractivity (Wildman–Crippen MR) is 135 cm³/mol. The molecule has 0 aliphatic heterocycles. The first-order valence-electron chi connectivity index (χ1n) is 10.8. The largest absolute Gasteiger partial charge is 0.497 e. The first-order valence-corrected chi connectivity index (χ1v) is 11.8. The molecule has 0 saturated heterocycles. The van der Waals surface area contributed by atoms with Crippen molar-refractivity contribution in [2.24, 2.45) is 0 Å². The van der Waals surface area contributed by atoms with E-state index in [1.807, 2.05) is 60.0 Å². The van der Waals surface area contributed by atoms with Gasteiger partial charge < -0.3 is 14.8 Å². The number of rotatable bonds is 8. The zero-order chi connectivity index (χ0) is 24.8. The lowest BCUT2D eigenvalue weighted by molar-refractivity contribution is -0.113. The monoisotopic (exact) mass is 488 g/mol. The van der Waals surface area contributed by atoms with Crippen molar-refractivity contribution in [3.8, 4) is 22.8 Å². The third-order valence-electron chi connectivity index (χ3n) is 5.26. The number of nitrogens with one attached hydrogen (secondary N) is 1. The van der Waals surface area contributed by atoms with Crippen molar-refractivity contribution >= 4 is 29.3 Å². The molecule has 1 N–H and O–H groups in total. The van der Waals surface area contributed by atoms with E-state index in [1.165, 1.54) is 18.9 Å². The van der Waals surface area contributed by atoms with Crippen molar-refractivity contribution in [1.82, 2.24) is 14.8 Å². The second-order valence-corrected chi connectivity index (χ2v) is 8.50. The number of nitrogens with zero attached hydrogens (tertiary/aromatic N) is 3. The number of esters is 1. The van der Waals surface area contributed by atoms with Gasteiger partial charge in [0.25, 0.3) is 0 Å². The minimum absolute atomic E-state index is 0.130. The number of methoxy groups -OCH3 is 2. The van der Waals surface area contributed by atoms with Crippen LogP contribution in [0.2, 0.25) is 0 Å². The van der Waals surface area contributed by atoms with Gasteiger partial charge in [-0.1, -0.05) is 30.0 Å². The lowest BCUT2D eigenvalue weighted by Gasteiger charge is -2.13. The normalized spacial score (nSPS) is 10.6. The highest BCUT2D eigenvalue weighted by Crippen LogP contribution is 2.30. The molecule has 4 rings (SSSR count). The van der Waals surface area contributed by atoms with Crippen LogP contribution in [0.25, 0.3) is 17.1 Å². The van der Waals surface area contributed by atoms with E-state index in [0.717, 1.165) is 22.6 Å². The Kier molecular flexibility index (Phi) is 7.47. The molecule has 3 aromatic carbocycles. The highest BCUT2D eigenvalue weighted by molar-refractivity contribution is 7.99. The molecule has 0 aliphatic carbocycles. The van der Waals surface area contributed by atoms with E-state index in [4.69, 9.17) is 9.47 Å². The number of aromatic nitrogens is 3. The molecule has 0 fully saturated rings. The molecule has 0 atom stereocenters. The number of carbonyl (C=O) groups is 2. The molecule has 0 radical (unpaired) electrons. The molecule has 0 spiro atoms. The highest BCUT2D eigenvalue weighted by Gasteiger charge is 2.18. The van der Waals surface area contributed by atoms with Crippen LogP contribution in [-0.4, -0.2) is 46.6 Å². The Morgan fingerprint density at radius 1 is 0.943 bits per heavy atom. The maximum atomic E-state index is 12.6. The van der Waals surface area contributed by atoms with Crippen LogP contribution in [0.15, 0.2) is 78.0 Å². The van der Waals surface area contributed by atoms with E-state index < -0.39 is 5.97 Å².